The molecule has 0 atom stereocenters. The van der Waals surface area contributed by atoms with E-state index in [1.165, 1.54) is 16.8 Å². The van der Waals surface area contributed by atoms with E-state index in [2.05, 4.69) is 17.6 Å². The second-order valence-corrected chi connectivity index (χ2v) is 4.83. The fourth-order valence-corrected chi connectivity index (χ4v) is 2.88. The largest absolute Gasteiger partial charge is 0.462 e. The number of aryl methyl sites for hydroxylation is 3. The van der Waals surface area contributed by atoms with Crippen LogP contribution < -0.4 is 0 Å². The first-order chi connectivity index (χ1) is 8.70. The monoisotopic (exact) mass is 243 g/mol. The van der Waals surface area contributed by atoms with Gasteiger partial charge in [-0.2, -0.15) is 0 Å². The minimum absolute atomic E-state index is 0.216. The third-order valence-corrected chi connectivity index (χ3v) is 3.62. The minimum atomic E-state index is -0.216. The van der Waals surface area contributed by atoms with Gasteiger partial charge in [0.25, 0.3) is 0 Å². The molecule has 2 heterocycles. The van der Waals surface area contributed by atoms with Crippen LogP contribution in [0.1, 0.15) is 35.0 Å². The quantitative estimate of drug-likeness (QED) is 0.759. The zero-order chi connectivity index (χ0) is 12.7. The Morgan fingerprint density at radius 1 is 1.39 bits per heavy atom. The molecule has 0 amide bonds. The highest BCUT2D eigenvalue weighted by Gasteiger charge is 2.18. The summed E-state index contributed by atoms with van der Waals surface area (Å²) in [6, 6.07) is 6.11. The molecular formula is C15H17NO2. The summed E-state index contributed by atoms with van der Waals surface area (Å²) in [6.07, 6.45) is 2.19. The molecule has 1 aromatic heterocycles. The molecule has 1 aliphatic rings. The molecule has 0 fully saturated rings. The van der Waals surface area contributed by atoms with E-state index in [1.807, 2.05) is 19.1 Å². The normalized spacial score (nSPS) is 13.9. The topological polar surface area (TPSA) is 31.2 Å². The van der Waals surface area contributed by atoms with Gasteiger partial charge in [-0.15, -0.1) is 0 Å². The molecule has 18 heavy (non-hydrogen) atoms. The lowest BCUT2D eigenvalue weighted by Crippen LogP contribution is -2.11. The summed E-state index contributed by atoms with van der Waals surface area (Å²) in [5.74, 6) is -0.216. The van der Waals surface area contributed by atoms with Crippen molar-refractivity contribution in [1.82, 2.24) is 4.57 Å². The molecule has 0 spiro atoms. The molecule has 2 aromatic rings. The maximum Gasteiger partial charge on any atom is 0.338 e. The van der Waals surface area contributed by atoms with Crippen molar-refractivity contribution in [2.24, 2.45) is 0 Å². The van der Waals surface area contributed by atoms with Crippen molar-refractivity contribution in [2.45, 2.75) is 33.2 Å². The summed E-state index contributed by atoms with van der Waals surface area (Å²) in [4.78, 5) is 11.8. The number of ether oxygens (including phenoxy) is 1. The van der Waals surface area contributed by atoms with Gasteiger partial charge in [-0.1, -0.05) is 0 Å². The van der Waals surface area contributed by atoms with Gasteiger partial charge in [-0.25, -0.2) is 4.79 Å². The first kappa shape index (κ1) is 11.3. The third kappa shape index (κ3) is 1.62. The van der Waals surface area contributed by atoms with E-state index in [4.69, 9.17) is 4.74 Å². The van der Waals surface area contributed by atoms with Gasteiger partial charge < -0.3 is 9.30 Å². The lowest BCUT2D eigenvalue weighted by molar-refractivity contribution is 0.0526. The van der Waals surface area contributed by atoms with Crippen LogP contribution in [0, 0.1) is 6.92 Å². The number of hydrogen-bond donors (Lipinski definition) is 0. The molecule has 0 aliphatic carbocycles. The zero-order valence-corrected chi connectivity index (χ0v) is 10.8. The van der Waals surface area contributed by atoms with Gasteiger partial charge in [0, 0.05) is 17.6 Å². The number of nitrogens with zero attached hydrogens (tertiary/aromatic N) is 1. The zero-order valence-electron chi connectivity index (χ0n) is 10.8. The molecule has 0 saturated heterocycles. The van der Waals surface area contributed by atoms with E-state index >= 15 is 0 Å². The van der Waals surface area contributed by atoms with E-state index in [1.54, 1.807) is 0 Å². The Balaban J connectivity index is 2.19. The summed E-state index contributed by atoms with van der Waals surface area (Å²) in [5, 5.41) is 1.16. The average Bonchev–Trinajstić information content (AvgIpc) is 2.68. The summed E-state index contributed by atoms with van der Waals surface area (Å²) in [6.45, 7) is 5.47. The molecule has 0 radical (unpaired) electrons. The molecule has 0 saturated carbocycles. The lowest BCUT2D eigenvalue weighted by Gasteiger charge is -2.17. The molecular weight excluding hydrogens is 226 g/mol. The molecule has 1 aliphatic heterocycles. The standard InChI is InChI=1S/C15H17NO2/c1-3-18-15(17)13-8-11-5-4-6-16-10(2)7-12(9-13)14(11)16/h7-9H,3-6H2,1-2H3. The third-order valence-electron chi connectivity index (χ3n) is 3.62. The molecule has 0 N–H and O–H groups in total. The van der Waals surface area contributed by atoms with Crippen molar-refractivity contribution in [1.29, 1.82) is 0 Å². The molecule has 1 aromatic carbocycles. The Morgan fingerprint density at radius 3 is 3.00 bits per heavy atom. The molecule has 3 rings (SSSR count). The molecule has 0 unspecified atom stereocenters. The summed E-state index contributed by atoms with van der Waals surface area (Å²) >= 11 is 0. The highest BCUT2D eigenvalue weighted by Crippen LogP contribution is 2.30. The van der Waals surface area contributed by atoms with Crippen LogP contribution in [0.2, 0.25) is 0 Å². The van der Waals surface area contributed by atoms with Crippen molar-refractivity contribution in [2.75, 3.05) is 6.61 Å². The summed E-state index contributed by atoms with van der Waals surface area (Å²) < 4.78 is 7.44. The van der Waals surface area contributed by atoms with Crippen LogP contribution in [0.25, 0.3) is 10.9 Å². The van der Waals surface area contributed by atoms with Crippen molar-refractivity contribution in [3.05, 3.63) is 35.0 Å². The Labute approximate surface area is 106 Å². The number of carbonyl (C=O) groups excluding carboxylic acids is 1. The fraction of sp³-hybridized carbons (Fsp3) is 0.400. The van der Waals surface area contributed by atoms with Gasteiger partial charge in [0.2, 0.25) is 0 Å². The van der Waals surface area contributed by atoms with Crippen LogP contribution in [0.5, 0.6) is 0 Å². The van der Waals surface area contributed by atoms with Crippen LogP contribution in [-0.2, 0) is 17.7 Å². The van der Waals surface area contributed by atoms with Gasteiger partial charge in [0.1, 0.15) is 0 Å². The highest BCUT2D eigenvalue weighted by atomic mass is 16.5. The summed E-state index contributed by atoms with van der Waals surface area (Å²) in [5.41, 5.74) is 4.52. The molecule has 94 valence electrons. The predicted octanol–water partition coefficient (Wildman–Crippen LogP) is 3.07. The van der Waals surface area contributed by atoms with Crippen molar-refractivity contribution in [3.63, 3.8) is 0 Å². The van der Waals surface area contributed by atoms with E-state index in [9.17, 15) is 4.79 Å². The van der Waals surface area contributed by atoms with Crippen molar-refractivity contribution < 1.29 is 9.53 Å². The smallest absolute Gasteiger partial charge is 0.338 e. The minimum Gasteiger partial charge on any atom is -0.462 e. The summed E-state index contributed by atoms with van der Waals surface area (Å²) in [7, 11) is 0. The van der Waals surface area contributed by atoms with Crippen LogP contribution in [0.15, 0.2) is 18.2 Å². The highest BCUT2D eigenvalue weighted by molar-refractivity contribution is 5.96. The maximum absolute atomic E-state index is 11.8. The Hall–Kier alpha value is -1.77. The van der Waals surface area contributed by atoms with Gasteiger partial charge in [0.15, 0.2) is 0 Å². The second kappa shape index (κ2) is 4.16. The van der Waals surface area contributed by atoms with Gasteiger partial charge in [0.05, 0.1) is 17.7 Å². The van der Waals surface area contributed by atoms with E-state index in [0.717, 1.165) is 24.8 Å². The first-order valence-electron chi connectivity index (χ1n) is 6.50. The second-order valence-electron chi connectivity index (χ2n) is 4.83. The van der Waals surface area contributed by atoms with Gasteiger partial charge >= 0.3 is 5.97 Å². The SMILES string of the molecule is CCOC(=O)c1cc2c3c(c1)cc(C)n3CCC2. The van der Waals surface area contributed by atoms with Crippen LogP contribution in [0.3, 0.4) is 0 Å². The Morgan fingerprint density at radius 2 is 2.22 bits per heavy atom. The number of benzene rings is 1. The van der Waals surface area contributed by atoms with E-state index < -0.39 is 0 Å². The number of esters is 1. The van der Waals surface area contributed by atoms with Gasteiger partial charge in [-0.3, -0.25) is 0 Å². The number of rotatable bonds is 2. The fourth-order valence-electron chi connectivity index (χ4n) is 2.88. The molecule has 0 bridgehead atoms. The Kier molecular flexibility index (Phi) is 2.62. The number of hydrogen-bond acceptors (Lipinski definition) is 2. The van der Waals surface area contributed by atoms with Crippen LogP contribution >= 0.6 is 0 Å². The van der Waals surface area contributed by atoms with Crippen molar-refractivity contribution >= 4 is 16.9 Å². The van der Waals surface area contributed by atoms with E-state index in [-0.39, 0.29) is 5.97 Å². The van der Waals surface area contributed by atoms with Crippen LogP contribution in [-0.4, -0.2) is 17.1 Å². The number of aromatic nitrogens is 1. The van der Waals surface area contributed by atoms with Crippen molar-refractivity contribution in [3.8, 4) is 0 Å². The lowest BCUT2D eigenvalue weighted by atomic mass is 10.0. The van der Waals surface area contributed by atoms with E-state index in [0.29, 0.717) is 12.2 Å². The van der Waals surface area contributed by atoms with Gasteiger partial charge in [-0.05, 0) is 50.5 Å². The predicted molar refractivity (Wildman–Crippen MR) is 71.0 cm³/mol. The Bertz CT molecular complexity index is 625. The number of carbonyl (C=O) groups is 1. The first-order valence-corrected chi connectivity index (χ1v) is 6.50. The average molecular weight is 243 g/mol. The molecule has 3 nitrogen and oxygen atoms in total. The maximum atomic E-state index is 11.8. The molecule has 3 heteroatoms. The van der Waals surface area contributed by atoms with Crippen LogP contribution in [0.4, 0.5) is 0 Å².